The summed E-state index contributed by atoms with van der Waals surface area (Å²) in [5.41, 5.74) is 3.53. The molecular formula is C26H32N4O2. The van der Waals surface area contributed by atoms with E-state index in [1.165, 1.54) is 10.6 Å². The summed E-state index contributed by atoms with van der Waals surface area (Å²) in [6.07, 6.45) is 0. The Hall–Kier alpha value is -3.12. The molecule has 2 heterocycles. The van der Waals surface area contributed by atoms with E-state index in [1.54, 1.807) is 0 Å². The van der Waals surface area contributed by atoms with Gasteiger partial charge in [-0.1, -0.05) is 51.1 Å². The number of nitrogens with one attached hydrogen (secondary N) is 1. The van der Waals surface area contributed by atoms with Gasteiger partial charge in [-0.15, -0.1) is 0 Å². The van der Waals surface area contributed by atoms with Gasteiger partial charge in [0.2, 0.25) is 0 Å². The zero-order valence-corrected chi connectivity index (χ0v) is 19.2. The van der Waals surface area contributed by atoms with Crippen molar-refractivity contribution in [2.24, 2.45) is 5.92 Å². The van der Waals surface area contributed by atoms with Crippen LogP contribution in [0, 0.1) is 5.92 Å². The first-order valence-electron chi connectivity index (χ1n) is 11.5. The van der Waals surface area contributed by atoms with Crippen LogP contribution in [0.4, 0.5) is 11.4 Å². The average Bonchev–Trinajstić information content (AvgIpc) is 3.04. The zero-order chi connectivity index (χ0) is 22.7. The molecule has 168 valence electrons. The molecule has 2 amide bonds. The first-order chi connectivity index (χ1) is 15.5. The number of carbonyl (C=O) groups excluding carboxylic acids is 2. The second kappa shape index (κ2) is 9.57. The largest absolute Gasteiger partial charge is 0.369 e. The van der Waals surface area contributed by atoms with Gasteiger partial charge in [0, 0.05) is 44.1 Å². The number of piperazine rings is 1. The second-order valence-electron chi connectivity index (χ2n) is 8.82. The standard InChI is InChI=1S/C26H32N4O2/c1-4-28-14-16-29(17-15-28)22-12-10-21(11-13-22)27-24-23(20-8-6-5-7-9-20)25(31)30(26(24)32)18-19(2)3/h5-13,19,27H,4,14-18H2,1-3H3. The predicted molar refractivity (Wildman–Crippen MR) is 129 cm³/mol. The van der Waals surface area contributed by atoms with Crippen molar-refractivity contribution in [3.63, 3.8) is 0 Å². The van der Waals surface area contributed by atoms with Crippen LogP contribution in [0.1, 0.15) is 26.3 Å². The van der Waals surface area contributed by atoms with Crippen molar-refractivity contribution in [3.05, 3.63) is 65.9 Å². The SMILES string of the molecule is CCN1CCN(c2ccc(NC3=C(c4ccccc4)C(=O)N(CC(C)C)C3=O)cc2)CC1. The van der Waals surface area contributed by atoms with Crippen LogP contribution < -0.4 is 10.2 Å². The maximum absolute atomic E-state index is 13.2. The van der Waals surface area contributed by atoms with E-state index in [2.05, 4.69) is 34.2 Å². The van der Waals surface area contributed by atoms with Crippen LogP contribution in [-0.4, -0.2) is 60.9 Å². The Morgan fingerprint density at radius 2 is 1.53 bits per heavy atom. The minimum Gasteiger partial charge on any atom is -0.369 e. The van der Waals surface area contributed by atoms with Crippen molar-refractivity contribution in [1.82, 2.24) is 9.80 Å². The Balaban J connectivity index is 1.57. The zero-order valence-electron chi connectivity index (χ0n) is 19.2. The molecule has 32 heavy (non-hydrogen) atoms. The van der Waals surface area contributed by atoms with Crippen LogP contribution in [0.2, 0.25) is 0 Å². The predicted octanol–water partition coefficient (Wildman–Crippen LogP) is 3.68. The number of anilines is 2. The summed E-state index contributed by atoms with van der Waals surface area (Å²) in [7, 11) is 0. The Morgan fingerprint density at radius 1 is 0.875 bits per heavy atom. The minimum atomic E-state index is -0.262. The van der Waals surface area contributed by atoms with Crippen LogP contribution >= 0.6 is 0 Å². The third-order valence-electron chi connectivity index (χ3n) is 6.10. The lowest BCUT2D eigenvalue weighted by atomic mass is 10.0. The molecule has 0 bridgehead atoms. The number of amides is 2. The fourth-order valence-corrected chi connectivity index (χ4v) is 4.32. The van der Waals surface area contributed by atoms with Crippen LogP contribution in [0.15, 0.2) is 60.3 Å². The number of carbonyl (C=O) groups is 2. The van der Waals surface area contributed by atoms with E-state index >= 15 is 0 Å². The second-order valence-corrected chi connectivity index (χ2v) is 8.82. The molecule has 1 N–H and O–H groups in total. The monoisotopic (exact) mass is 432 g/mol. The molecule has 0 radical (unpaired) electrons. The molecule has 6 heteroatoms. The maximum Gasteiger partial charge on any atom is 0.278 e. The molecule has 0 atom stereocenters. The van der Waals surface area contributed by atoms with E-state index in [-0.39, 0.29) is 17.7 Å². The lowest BCUT2D eigenvalue weighted by Gasteiger charge is -2.35. The maximum atomic E-state index is 13.2. The Morgan fingerprint density at radius 3 is 2.12 bits per heavy atom. The van der Waals surface area contributed by atoms with Crippen molar-refractivity contribution in [2.45, 2.75) is 20.8 Å². The number of likely N-dealkylation sites (N-methyl/N-ethyl adjacent to an activating group) is 1. The molecule has 0 aromatic heterocycles. The molecule has 0 spiro atoms. The smallest absolute Gasteiger partial charge is 0.278 e. The molecule has 1 saturated heterocycles. The average molecular weight is 433 g/mol. The van der Waals surface area contributed by atoms with Crippen molar-refractivity contribution in [2.75, 3.05) is 49.5 Å². The summed E-state index contributed by atoms with van der Waals surface area (Å²) >= 11 is 0. The normalized spacial score (nSPS) is 17.6. The Labute approximate surface area is 190 Å². The van der Waals surface area contributed by atoms with E-state index in [4.69, 9.17) is 0 Å². The third kappa shape index (κ3) is 4.55. The number of rotatable bonds is 7. The number of imide groups is 1. The van der Waals surface area contributed by atoms with Crippen LogP contribution in [0.3, 0.4) is 0 Å². The van der Waals surface area contributed by atoms with Gasteiger partial charge < -0.3 is 15.1 Å². The van der Waals surface area contributed by atoms with Crippen molar-refractivity contribution in [3.8, 4) is 0 Å². The van der Waals surface area contributed by atoms with Gasteiger partial charge in [-0.05, 0) is 42.3 Å². The first kappa shape index (κ1) is 22.1. The molecule has 2 aromatic carbocycles. The highest BCUT2D eigenvalue weighted by Gasteiger charge is 2.39. The lowest BCUT2D eigenvalue weighted by Crippen LogP contribution is -2.46. The van der Waals surface area contributed by atoms with Gasteiger partial charge in [0.1, 0.15) is 5.70 Å². The highest BCUT2D eigenvalue weighted by Crippen LogP contribution is 2.31. The summed E-state index contributed by atoms with van der Waals surface area (Å²) < 4.78 is 0. The summed E-state index contributed by atoms with van der Waals surface area (Å²) in [4.78, 5) is 32.5. The highest BCUT2D eigenvalue weighted by atomic mass is 16.2. The van der Waals surface area contributed by atoms with Crippen molar-refractivity contribution < 1.29 is 9.59 Å². The Bertz CT molecular complexity index is 990. The number of hydrogen-bond donors (Lipinski definition) is 1. The van der Waals surface area contributed by atoms with E-state index in [0.717, 1.165) is 44.0 Å². The van der Waals surface area contributed by atoms with E-state index in [1.807, 2.05) is 56.3 Å². The minimum absolute atomic E-state index is 0.201. The van der Waals surface area contributed by atoms with Gasteiger partial charge in [-0.3, -0.25) is 14.5 Å². The van der Waals surface area contributed by atoms with Crippen molar-refractivity contribution in [1.29, 1.82) is 0 Å². The van der Waals surface area contributed by atoms with Gasteiger partial charge in [-0.25, -0.2) is 0 Å². The molecule has 0 aliphatic carbocycles. The van der Waals surface area contributed by atoms with Crippen LogP contribution in [-0.2, 0) is 9.59 Å². The molecule has 2 aliphatic rings. The first-order valence-corrected chi connectivity index (χ1v) is 11.5. The van der Waals surface area contributed by atoms with Gasteiger partial charge in [-0.2, -0.15) is 0 Å². The Kier molecular flexibility index (Phi) is 6.61. The quantitative estimate of drug-likeness (QED) is 0.677. The molecule has 0 unspecified atom stereocenters. The fraction of sp³-hybridized carbons (Fsp3) is 0.385. The van der Waals surface area contributed by atoms with Gasteiger partial charge in [0.05, 0.1) is 5.57 Å². The molecular weight excluding hydrogens is 400 g/mol. The molecule has 4 rings (SSSR count). The van der Waals surface area contributed by atoms with Gasteiger partial charge in [0.15, 0.2) is 0 Å². The van der Waals surface area contributed by atoms with Gasteiger partial charge in [0.25, 0.3) is 11.8 Å². The van der Waals surface area contributed by atoms with E-state index in [0.29, 0.717) is 17.8 Å². The molecule has 6 nitrogen and oxygen atoms in total. The summed E-state index contributed by atoms with van der Waals surface area (Å²) in [6, 6.07) is 17.6. The molecule has 2 aliphatic heterocycles. The van der Waals surface area contributed by atoms with Gasteiger partial charge >= 0.3 is 0 Å². The van der Waals surface area contributed by atoms with E-state index in [9.17, 15) is 9.59 Å². The molecule has 0 saturated carbocycles. The number of nitrogens with zero attached hydrogens (tertiary/aromatic N) is 3. The highest BCUT2D eigenvalue weighted by molar-refractivity contribution is 6.36. The molecule has 1 fully saturated rings. The summed E-state index contributed by atoms with van der Waals surface area (Å²) in [5, 5.41) is 3.26. The fourth-order valence-electron chi connectivity index (χ4n) is 4.32. The van der Waals surface area contributed by atoms with Crippen molar-refractivity contribution >= 4 is 28.8 Å². The summed E-state index contributed by atoms with van der Waals surface area (Å²) in [5.74, 6) is -0.295. The lowest BCUT2D eigenvalue weighted by molar-refractivity contribution is -0.137. The third-order valence-corrected chi connectivity index (χ3v) is 6.10. The van der Waals surface area contributed by atoms with Crippen LogP contribution in [0.5, 0.6) is 0 Å². The van der Waals surface area contributed by atoms with E-state index < -0.39 is 0 Å². The number of benzene rings is 2. The number of hydrogen-bond acceptors (Lipinski definition) is 5. The summed E-state index contributed by atoms with van der Waals surface area (Å²) in [6.45, 7) is 11.9. The topological polar surface area (TPSA) is 55.9 Å². The molecule has 2 aromatic rings. The van der Waals surface area contributed by atoms with Crippen LogP contribution in [0.25, 0.3) is 5.57 Å².